The van der Waals surface area contributed by atoms with Gasteiger partial charge in [-0.3, -0.25) is 0 Å². The van der Waals surface area contributed by atoms with E-state index in [2.05, 4.69) is 5.32 Å². The molecule has 4 heteroatoms. The highest BCUT2D eigenvalue weighted by atomic mass is 16.5. The number of methoxy groups -OCH3 is 1. The lowest BCUT2D eigenvalue weighted by Crippen LogP contribution is -2.16. The lowest BCUT2D eigenvalue weighted by atomic mass is 10.2. The van der Waals surface area contributed by atoms with E-state index in [1.807, 2.05) is 6.07 Å². The van der Waals surface area contributed by atoms with Crippen LogP contribution in [-0.2, 0) is 6.54 Å². The summed E-state index contributed by atoms with van der Waals surface area (Å²) in [6.45, 7) is 3.36. The number of phenolic OH excluding ortho intramolecular Hbond substituents is 1. The van der Waals surface area contributed by atoms with Gasteiger partial charge in [-0.25, -0.2) is 0 Å². The third-order valence-corrected chi connectivity index (χ3v) is 2.55. The molecule has 0 spiro atoms. The summed E-state index contributed by atoms with van der Waals surface area (Å²) >= 11 is 0. The third-order valence-electron chi connectivity index (χ3n) is 2.55. The minimum atomic E-state index is -0.234. The van der Waals surface area contributed by atoms with E-state index in [-0.39, 0.29) is 11.9 Å². The molecule has 17 heavy (non-hydrogen) atoms. The smallest absolute Gasteiger partial charge is 0.160 e. The predicted octanol–water partition coefficient (Wildman–Crippen LogP) is 1.65. The van der Waals surface area contributed by atoms with Gasteiger partial charge in [0.1, 0.15) is 0 Å². The van der Waals surface area contributed by atoms with Gasteiger partial charge in [-0.2, -0.15) is 0 Å². The first-order valence-corrected chi connectivity index (χ1v) is 5.88. The number of nitrogens with one attached hydrogen (secondary N) is 1. The Kier molecular flexibility index (Phi) is 5.80. The zero-order chi connectivity index (χ0) is 12.7. The number of rotatable bonds is 7. The normalized spacial score (nSPS) is 12.4. The highest BCUT2D eigenvalue weighted by Gasteiger charge is 2.02. The van der Waals surface area contributed by atoms with Crippen molar-refractivity contribution in [3.05, 3.63) is 23.8 Å². The quantitative estimate of drug-likeness (QED) is 0.633. The second-order valence-corrected chi connectivity index (χ2v) is 4.17. The molecule has 1 atom stereocenters. The van der Waals surface area contributed by atoms with E-state index in [1.165, 1.54) is 7.11 Å². The Morgan fingerprint density at radius 3 is 2.76 bits per heavy atom. The van der Waals surface area contributed by atoms with Gasteiger partial charge < -0.3 is 20.3 Å². The molecule has 1 rings (SSSR count). The van der Waals surface area contributed by atoms with E-state index in [1.54, 1.807) is 19.1 Å². The maximum atomic E-state index is 9.58. The van der Waals surface area contributed by atoms with Gasteiger partial charge in [0.2, 0.25) is 0 Å². The van der Waals surface area contributed by atoms with Crippen LogP contribution in [0.5, 0.6) is 11.5 Å². The highest BCUT2D eigenvalue weighted by Crippen LogP contribution is 2.25. The van der Waals surface area contributed by atoms with Crippen molar-refractivity contribution in [3.63, 3.8) is 0 Å². The molecule has 1 unspecified atom stereocenters. The average molecular weight is 239 g/mol. The summed E-state index contributed by atoms with van der Waals surface area (Å²) in [5.74, 6) is 0.652. The molecule has 3 N–H and O–H groups in total. The van der Waals surface area contributed by atoms with Crippen molar-refractivity contribution in [1.29, 1.82) is 0 Å². The zero-order valence-corrected chi connectivity index (χ0v) is 10.4. The van der Waals surface area contributed by atoms with E-state index >= 15 is 0 Å². The molecule has 0 fully saturated rings. The zero-order valence-electron chi connectivity index (χ0n) is 10.4. The van der Waals surface area contributed by atoms with E-state index in [9.17, 15) is 5.11 Å². The molecule has 0 aliphatic heterocycles. The molecule has 0 aliphatic carbocycles. The number of aliphatic hydroxyl groups is 1. The first kappa shape index (κ1) is 13.8. The van der Waals surface area contributed by atoms with E-state index in [0.717, 1.165) is 24.9 Å². The fraction of sp³-hybridized carbons (Fsp3) is 0.538. The topological polar surface area (TPSA) is 61.7 Å². The molecule has 0 amide bonds. The molecule has 0 saturated heterocycles. The van der Waals surface area contributed by atoms with Crippen LogP contribution >= 0.6 is 0 Å². The van der Waals surface area contributed by atoms with Gasteiger partial charge in [0.15, 0.2) is 11.5 Å². The molecule has 0 heterocycles. The summed E-state index contributed by atoms with van der Waals surface area (Å²) in [6.07, 6.45) is 1.52. The fourth-order valence-electron chi connectivity index (χ4n) is 1.60. The molecule has 4 nitrogen and oxygen atoms in total. The van der Waals surface area contributed by atoms with Crippen LogP contribution in [0.15, 0.2) is 18.2 Å². The summed E-state index contributed by atoms with van der Waals surface area (Å²) in [6, 6.07) is 5.36. The Labute approximate surface area is 102 Å². The number of aliphatic hydroxyl groups excluding tert-OH is 1. The van der Waals surface area contributed by atoms with Crippen molar-refractivity contribution in [2.45, 2.75) is 32.4 Å². The number of benzene rings is 1. The number of hydrogen-bond donors (Lipinski definition) is 3. The van der Waals surface area contributed by atoms with Crippen LogP contribution in [0.1, 0.15) is 25.3 Å². The summed E-state index contributed by atoms with van der Waals surface area (Å²) < 4.78 is 4.97. The number of hydrogen-bond acceptors (Lipinski definition) is 4. The Bertz CT molecular complexity index is 339. The molecular formula is C13H21NO3. The van der Waals surface area contributed by atoms with Gasteiger partial charge in [0.05, 0.1) is 13.2 Å². The summed E-state index contributed by atoms with van der Waals surface area (Å²) in [7, 11) is 1.53. The van der Waals surface area contributed by atoms with E-state index < -0.39 is 0 Å². The molecule has 0 radical (unpaired) electrons. The minimum Gasteiger partial charge on any atom is -0.504 e. The molecule has 0 aromatic heterocycles. The van der Waals surface area contributed by atoms with Crippen molar-refractivity contribution in [2.75, 3.05) is 13.7 Å². The van der Waals surface area contributed by atoms with Crippen LogP contribution in [0.2, 0.25) is 0 Å². The van der Waals surface area contributed by atoms with Crippen molar-refractivity contribution in [2.24, 2.45) is 0 Å². The largest absolute Gasteiger partial charge is 0.504 e. The highest BCUT2D eigenvalue weighted by molar-refractivity contribution is 5.41. The van der Waals surface area contributed by atoms with Gasteiger partial charge in [-0.1, -0.05) is 6.07 Å². The fourth-order valence-corrected chi connectivity index (χ4v) is 1.60. The monoisotopic (exact) mass is 239 g/mol. The van der Waals surface area contributed by atoms with Crippen molar-refractivity contribution >= 4 is 0 Å². The standard InChI is InChI=1S/C13H21NO3/c1-10(15)4-3-7-14-9-11-5-6-13(17-2)12(16)8-11/h5-6,8,10,14-16H,3-4,7,9H2,1-2H3. The molecule has 0 bridgehead atoms. The van der Waals surface area contributed by atoms with Gasteiger partial charge in [0, 0.05) is 6.54 Å². The lowest BCUT2D eigenvalue weighted by Gasteiger charge is -2.08. The first-order chi connectivity index (χ1) is 8.13. The summed E-state index contributed by atoms with van der Waals surface area (Å²) in [5.41, 5.74) is 1.01. The number of ether oxygens (including phenoxy) is 1. The Hall–Kier alpha value is -1.26. The van der Waals surface area contributed by atoms with Crippen LogP contribution in [0.4, 0.5) is 0 Å². The van der Waals surface area contributed by atoms with Crippen molar-refractivity contribution < 1.29 is 14.9 Å². The Morgan fingerprint density at radius 1 is 1.41 bits per heavy atom. The number of aromatic hydroxyl groups is 1. The number of phenols is 1. The maximum absolute atomic E-state index is 9.58. The van der Waals surface area contributed by atoms with Crippen molar-refractivity contribution in [3.8, 4) is 11.5 Å². The average Bonchev–Trinajstić information content (AvgIpc) is 2.28. The molecule has 1 aromatic carbocycles. The predicted molar refractivity (Wildman–Crippen MR) is 67.3 cm³/mol. The van der Waals surface area contributed by atoms with Gasteiger partial charge in [0.25, 0.3) is 0 Å². The van der Waals surface area contributed by atoms with E-state index in [0.29, 0.717) is 12.3 Å². The molecule has 0 saturated carbocycles. The van der Waals surface area contributed by atoms with Crippen LogP contribution in [0.25, 0.3) is 0 Å². The second-order valence-electron chi connectivity index (χ2n) is 4.17. The molecule has 1 aromatic rings. The van der Waals surface area contributed by atoms with Gasteiger partial charge >= 0.3 is 0 Å². The lowest BCUT2D eigenvalue weighted by molar-refractivity contribution is 0.181. The van der Waals surface area contributed by atoms with E-state index in [4.69, 9.17) is 9.84 Å². The van der Waals surface area contributed by atoms with Gasteiger partial charge in [-0.15, -0.1) is 0 Å². The van der Waals surface area contributed by atoms with Crippen LogP contribution in [-0.4, -0.2) is 30.0 Å². The molecular weight excluding hydrogens is 218 g/mol. The summed E-state index contributed by atoms with van der Waals surface area (Å²) in [4.78, 5) is 0. The molecule has 0 aliphatic rings. The van der Waals surface area contributed by atoms with Gasteiger partial charge in [-0.05, 0) is 44.0 Å². The SMILES string of the molecule is COc1ccc(CNCCCC(C)O)cc1O. The van der Waals surface area contributed by atoms with Crippen LogP contribution in [0, 0.1) is 0 Å². The van der Waals surface area contributed by atoms with Crippen molar-refractivity contribution in [1.82, 2.24) is 5.32 Å². The third kappa shape index (κ3) is 5.06. The van der Waals surface area contributed by atoms with Crippen LogP contribution in [0.3, 0.4) is 0 Å². The minimum absolute atomic E-state index is 0.163. The van der Waals surface area contributed by atoms with Crippen LogP contribution < -0.4 is 10.1 Å². The second kappa shape index (κ2) is 7.14. The first-order valence-electron chi connectivity index (χ1n) is 5.88. The summed E-state index contributed by atoms with van der Waals surface area (Å²) in [5, 5.41) is 21.9. The maximum Gasteiger partial charge on any atom is 0.160 e. The Morgan fingerprint density at radius 2 is 2.18 bits per heavy atom. The Balaban J connectivity index is 2.30. The molecule has 96 valence electrons.